The monoisotopic (exact) mass is 260 g/mol. The van der Waals surface area contributed by atoms with E-state index in [1.165, 1.54) is 0 Å². The Kier molecular flexibility index (Phi) is 4.89. The molecule has 0 fully saturated rings. The van der Waals surface area contributed by atoms with Gasteiger partial charge in [0.05, 0.1) is 6.07 Å². The maximum absolute atomic E-state index is 11.5. The Morgan fingerprint density at radius 3 is 2.58 bits per heavy atom. The minimum atomic E-state index is -0.825. The fraction of sp³-hybridized carbons (Fsp3) is 0.308. The van der Waals surface area contributed by atoms with Gasteiger partial charge in [0.15, 0.2) is 0 Å². The van der Waals surface area contributed by atoms with Crippen molar-refractivity contribution in [3.8, 4) is 6.07 Å². The van der Waals surface area contributed by atoms with Gasteiger partial charge in [0.1, 0.15) is 6.54 Å². The van der Waals surface area contributed by atoms with Gasteiger partial charge in [0.2, 0.25) is 0 Å². The first-order valence-electron chi connectivity index (χ1n) is 5.70. The van der Waals surface area contributed by atoms with Crippen LogP contribution in [0.5, 0.6) is 0 Å². The molecular weight excluding hydrogens is 244 g/mol. The average Bonchev–Trinajstić information content (AvgIpc) is 2.37. The van der Waals surface area contributed by atoms with E-state index in [9.17, 15) is 9.59 Å². The molecule has 2 amide bonds. The van der Waals surface area contributed by atoms with Crippen LogP contribution in [-0.2, 0) is 9.59 Å². The van der Waals surface area contributed by atoms with E-state index in [-0.39, 0.29) is 6.54 Å². The number of anilines is 2. The summed E-state index contributed by atoms with van der Waals surface area (Å²) < 4.78 is 0. The van der Waals surface area contributed by atoms with Gasteiger partial charge in [0, 0.05) is 25.5 Å². The zero-order chi connectivity index (χ0) is 14.4. The molecule has 0 radical (unpaired) electrons. The van der Waals surface area contributed by atoms with E-state index in [0.29, 0.717) is 5.69 Å². The van der Waals surface area contributed by atoms with Crippen molar-refractivity contribution in [3.05, 3.63) is 23.8 Å². The van der Waals surface area contributed by atoms with Crippen molar-refractivity contribution < 1.29 is 9.59 Å². The molecule has 1 aromatic carbocycles. The Hall–Kier alpha value is -2.55. The van der Waals surface area contributed by atoms with Crippen LogP contribution >= 0.6 is 0 Å². The molecule has 0 aliphatic heterocycles. The van der Waals surface area contributed by atoms with Crippen LogP contribution in [0.25, 0.3) is 0 Å². The molecule has 0 aromatic heterocycles. The van der Waals surface area contributed by atoms with Crippen LogP contribution in [0.3, 0.4) is 0 Å². The lowest BCUT2D eigenvalue weighted by Gasteiger charge is -2.17. The molecule has 0 unspecified atom stereocenters. The van der Waals surface area contributed by atoms with Gasteiger partial charge in [-0.15, -0.1) is 0 Å². The molecule has 0 atom stereocenters. The second-order valence-corrected chi connectivity index (χ2v) is 4.19. The zero-order valence-corrected chi connectivity index (χ0v) is 11.2. The number of amides is 2. The topological polar surface area (TPSA) is 85.2 Å². The number of benzene rings is 1. The highest BCUT2D eigenvalue weighted by atomic mass is 16.2. The van der Waals surface area contributed by atoms with Crippen LogP contribution in [0, 0.1) is 18.3 Å². The van der Waals surface area contributed by atoms with Crippen molar-refractivity contribution in [1.29, 1.82) is 5.26 Å². The fourth-order valence-corrected chi connectivity index (χ4v) is 1.56. The van der Waals surface area contributed by atoms with Gasteiger partial charge in [-0.1, -0.05) is 6.07 Å². The van der Waals surface area contributed by atoms with Gasteiger partial charge in [-0.3, -0.25) is 9.59 Å². The van der Waals surface area contributed by atoms with Crippen LogP contribution in [-0.4, -0.2) is 32.5 Å². The van der Waals surface area contributed by atoms with Crippen molar-refractivity contribution in [3.63, 3.8) is 0 Å². The van der Waals surface area contributed by atoms with Crippen LogP contribution in [0.4, 0.5) is 11.4 Å². The number of nitriles is 1. The minimum absolute atomic E-state index is 0.191. The Morgan fingerprint density at radius 2 is 2.00 bits per heavy atom. The smallest absolute Gasteiger partial charge is 0.313 e. The molecule has 1 rings (SSSR count). The number of hydrogen-bond donors (Lipinski definition) is 2. The molecule has 0 spiro atoms. The van der Waals surface area contributed by atoms with E-state index in [1.807, 2.05) is 32.0 Å². The van der Waals surface area contributed by atoms with E-state index in [1.54, 1.807) is 18.2 Å². The van der Waals surface area contributed by atoms with Crippen molar-refractivity contribution in [2.45, 2.75) is 6.92 Å². The lowest BCUT2D eigenvalue weighted by molar-refractivity contribution is -0.136. The van der Waals surface area contributed by atoms with E-state index in [0.717, 1.165) is 11.3 Å². The molecule has 19 heavy (non-hydrogen) atoms. The van der Waals surface area contributed by atoms with Crippen LogP contribution in [0.2, 0.25) is 0 Å². The molecular formula is C13H16N4O2. The lowest BCUT2D eigenvalue weighted by Crippen LogP contribution is -2.35. The summed E-state index contributed by atoms with van der Waals surface area (Å²) in [6.45, 7) is 1.77. The maximum atomic E-state index is 11.5. The first-order chi connectivity index (χ1) is 8.95. The Morgan fingerprint density at radius 1 is 1.32 bits per heavy atom. The highest BCUT2D eigenvalue weighted by molar-refractivity contribution is 6.39. The highest BCUT2D eigenvalue weighted by Crippen LogP contribution is 2.22. The third-order valence-corrected chi connectivity index (χ3v) is 2.48. The summed E-state index contributed by atoms with van der Waals surface area (Å²) in [4.78, 5) is 24.8. The number of carbonyl (C=O) groups excluding carboxylic acids is 2. The van der Waals surface area contributed by atoms with Crippen molar-refractivity contribution in [2.24, 2.45) is 0 Å². The molecule has 1 aromatic rings. The van der Waals surface area contributed by atoms with Gasteiger partial charge in [-0.2, -0.15) is 5.26 Å². The molecule has 0 aliphatic rings. The second-order valence-electron chi connectivity index (χ2n) is 4.19. The summed E-state index contributed by atoms with van der Waals surface area (Å²) in [6, 6.07) is 7.09. The van der Waals surface area contributed by atoms with Crippen LogP contribution in [0.15, 0.2) is 18.2 Å². The first-order valence-corrected chi connectivity index (χ1v) is 5.70. The number of hydrogen-bond acceptors (Lipinski definition) is 4. The fourth-order valence-electron chi connectivity index (χ4n) is 1.56. The van der Waals surface area contributed by atoms with E-state index < -0.39 is 11.8 Å². The summed E-state index contributed by atoms with van der Waals surface area (Å²) in [5, 5.41) is 13.0. The minimum Gasteiger partial charge on any atom is -0.377 e. The molecule has 100 valence electrons. The molecule has 2 N–H and O–H groups in total. The molecule has 0 bridgehead atoms. The van der Waals surface area contributed by atoms with E-state index >= 15 is 0 Å². The second kappa shape index (κ2) is 6.40. The number of nitrogens with one attached hydrogen (secondary N) is 2. The predicted octanol–water partition coefficient (Wildman–Crippen LogP) is 0.639. The van der Waals surface area contributed by atoms with Crippen molar-refractivity contribution in [2.75, 3.05) is 30.9 Å². The quantitative estimate of drug-likeness (QED) is 0.617. The van der Waals surface area contributed by atoms with Crippen molar-refractivity contribution in [1.82, 2.24) is 5.32 Å². The van der Waals surface area contributed by atoms with Gasteiger partial charge in [-0.05, 0) is 24.6 Å². The Labute approximate surface area is 112 Å². The molecule has 0 saturated carbocycles. The normalized spacial score (nSPS) is 9.37. The highest BCUT2D eigenvalue weighted by Gasteiger charge is 2.13. The molecule has 0 saturated heterocycles. The third-order valence-electron chi connectivity index (χ3n) is 2.48. The Balaban J connectivity index is 2.78. The summed E-state index contributed by atoms with van der Waals surface area (Å²) in [5.41, 5.74) is 2.55. The Bertz CT molecular complexity index is 532. The SMILES string of the molecule is Cc1ccc(NC(=O)C(=O)NCC#N)cc1N(C)C. The number of nitrogens with zero attached hydrogens (tertiary/aromatic N) is 2. The van der Waals surface area contributed by atoms with E-state index in [2.05, 4.69) is 10.6 Å². The zero-order valence-electron chi connectivity index (χ0n) is 11.2. The maximum Gasteiger partial charge on any atom is 0.313 e. The average molecular weight is 260 g/mol. The summed E-state index contributed by atoms with van der Waals surface area (Å²) in [7, 11) is 3.79. The first kappa shape index (κ1) is 14.5. The summed E-state index contributed by atoms with van der Waals surface area (Å²) in [6.07, 6.45) is 0. The van der Waals surface area contributed by atoms with Gasteiger partial charge >= 0.3 is 11.8 Å². The molecule has 0 heterocycles. The molecule has 6 nitrogen and oxygen atoms in total. The third kappa shape index (κ3) is 4.00. The summed E-state index contributed by atoms with van der Waals surface area (Å²) >= 11 is 0. The number of rotatable bonds is 3. The van der Waals surface area contributed by atoms with Crippen LogP contribution in [0.1, 0.15) is 5.56 Å². The number of aryl methyl sites for hydroxylation is 1. The standard InChI is InChI=1S/C13H16N4O2/c1-9-4-5-10(8-11(9)17(2)3)16-13(19)12(18)15-7-6-14/h4-5,8H,7H2,1-3H3,(H,15,18)(H,16,19). The van der Waals surface area contributed by atoms with Gasteiger partial charge in [-0.25, -0.2) is 0 Å². The summed E-state index contributed by atoms with van der Waals surface area (Å²) in [5.74, 6) is -1.61. The van der Waals surface area contributed by atoms with Crippen molar-refractivity contribution >= 4 is 23.2 Å². The molecule has 0 aliphatic carbocycles. The number of carbonyl (C=O) groups is 2. The van der Waals surface area contributed by atoms with Gasteiger partial charge < -0.3 is 15.5 Å². The predicted molar refractivity (Wildman–Crippen MR) is 72.8 cm³/mol. The van der Waals surface area contributed by atoms with Crippen LogP contribution < -0.4 is 15.5 Å². The molecule has 6 heteroatoms. The lowest BCUT2D eigenvalue weighted by atomic mass is 10.1. The van der Waals surface area contributed by atoms with Gasteiger partial charge in [0.25, 0.3) is 0 Å². The van der Waals surface area contributed by atoms with E-state index in [4.69, 9.17) is 5.26 Å². The largest absolute Gasteiger partial charge is 0.377 e.